The molecule has 1 N–H and O–H groups in total. The quantitative estimate of drug-likeness (QED) is 0.684. The Morgan fingerprint density at radius 2 is 1.54 bits per heavy atom. The molecule has 6 heteroatoms. The van der Waals surface area contributed by atoms with Gasteiger partial charge in [0, 0.05) is 30.0 Å². The van der Waals surface area contributed by atoms with Gasteiger partial charge < -0.3 is 5.32 Å². The second kappa shape index (κ2) is 8.42. The number of nitrogens with one attached hydrogen (secondary N) is 1. The van der Waals surface area contributed by atoms with Crippen molar-refractivity contribution in [2.24, 2.45) is 5.92 Å². The first-order valence-corrected chi connectivity index (χ1v) is 9.71. The summed E-state index contributed by atoms with van der Waals surface area (Å²) in [5.74, 6) is 0.255. The highest BCUT2D eigenvalue weighted by Gasteiger charge is 2.11. The van der Waals surface area contributed by atoms with E-state index >= 15 is 0 Å². The lowest BCUT2D eigenvalue weighted by Gasteiger charge is -2.14. The molecule has 1 aromatic carbocycles. The maximum Gasteiger partial charge on any atom is 0.251 e. The fraction of sp³-hybridized carbons (Fsp3) is 0.409. The summed E-state index contributed by atoms with van der Waals surface area (Å²) < 4.78 is 3.98. The Balaban J connectivity index is 1.53. The first-order chi connectivity index (χ1) is 13.3. The largest absolute Gasteiger partial charge is 0.352 e. The van der Waals surface area contributed by atoms with Gasteiger partial charge in [-0.1, -0.05) is 19.1 Å². The van der Waals surface area contributed by atoms with Gasteiger partial charge in [-0.3, -0.25) is 14.2 Å². The van der Waals surface area contributed by atoms with Crippen LogP contribution in [0.25, 0.3) is 0 Å². The normalized spacial score (nSPS) is 12.2. The Morgan fingerprint density at radius 3 is 2.07 bits per heavy atom. The predicted molar refractivity (Wildman–Crippen MR) is 110 cm³/mol. The zero-order valence-corrected chi connectivity index (χ0v) is 17.4. The summed E-state index contributed by atoms with van der Waals surface area (Å²) in [5.41, 5.74) is 6.12. The van der Waals surface area contributed by atoms with E-state index in [1.807, 2.05) is 47.5 Å². The topological polar surface area (TPSA) is 64.7 Å². The summed E-state index contributed by atoms with van der Waals surface area (Å²) in [6.45, 7) is 12.3. The van der Waals surface area contributed by atoms with Crippen molar-refractivity contribution < 1.29 is 4.79 Å². The van der Waals surface area contributed by atoms with Gasteiger partial charge in [0.2, 0.25) is 0 Å². The molecule has 28 heavy (non-hydrogen) atoms. The zero-order chi connectivity index (χ0) is 20.3. The van der Waals surface area contributed by atoms with E-state index in [2.05, 4.69) is 48.4 Å². The molecule has 0 aliphatic heterocycles. The van der Waals surface area contributed by atoms with Gasteiger partial charge in [-0.05, 0) is 63.4 Å². The van der Waals surface area contributed by atoms with Gasteiger partial charge in [-0.25, -0.2) is 0 Å². The van der Waals surface area contributed by atoms with Crippen molar-refractivity contribution in [1.82, 2.24) is 24.9 Å². The average molecular weight is 380 g/mol. The van der Waals surface area contributed by atoms with E-state index in [9.17, 15) is 4.79 Å². The third-order valence-corrected chi connectivity index (χ3v) is 4.85. The van der Waals surface area contributed by atoms with E-state index in [1.165, 1.54) is 0 Å². The molecule has 3 rings (SSSR count). The SMILES string of the molecule is Cc1cc(C)n(Cc2ccc(C(=O)NCC(C)Cn3nc(C)cc3C)cc2)n1. The molecule has 0 saturated carbocycles. The van der Waals surface area contributed by atoms with Crippen molar-refractivity contribution in [3.63, 3.8) is 0 Å². The molecule has 0 spiro atoms. The number of aryl methyl sites for hydroxylation is 4. The van der Waals surface area contributed by atoms with Crippen LogP contribution in [0.2, 0.25) is 0 Å². The molecule has 1 unspecified atom stereocenters. The Kier molecular flexibility index (Phi) is 5.97. The van der Waals surface area contributed by atoms with Crippen LogP contribution in [0.4, 0.5) is 0 Å². The molecule has 2 aromatic heterocycles. The molecule has 0 saturated heterocycles. The van der Waals surface area contributed by atoms with Crippen LogP contribution in [0.1, 0.15) is 45.6 Å². The minimum absolute atomic E-state index is 0.0436. The molecule has 0 aliphatic carbocycles. The number of hydrogen-bond acceptors (Lipinski definition) is 3. The van der Waals surface area contributed by atoms with Crippen LogP contribution in [0.3, 0.4) is 0 Å². The summed E-state index contributed by atoms with van der Waals surface area (Å²) in [7, 11) is 0. The molecule has 148 valence electrons. The second-order valence-corrected chi connectivity index (χ2v) is 7.71. The van der Waals surface area contributed by atoms with E-state index in [1.54, 1.807) is 0 Å². The van der Waals surface area contributed by atoms with Crippen LogP contribution >= 0.6 is 0 Å². The third kappa shape index (κ3) is 4.88. The molecular formula is C22H29N5O. The van der Waals surface area contributed by atoms with Gasteiger partial charge in [-0.2, -0.15) is 10.2 Å². The predicted octanol–water partition coefficient (Wildman–Crippen LogP) is 3.43. The van der Waals surface area contributed by atoms with Crippen molar-refractivity contribution >= 4 is 5.91 Å². The van der Waals surface area contributed by atoms with Gasteiger partial charge >= 0.3 is 0 Å². The molecular weight excluding hydrogens is 350 g/mol. The third-order valence-electron chi connectivity index (χ3n) is 4.85. The van der Waals surface area contributed by atoms with Gasteiger partial charge in [0.1, 0.15) is 0 Å². The fourth-order valence-corrected chi connectivity index (χ4v) is 3.36. The van der Waals surface area contributed by atoms with Crippen LogP contribution < -0.4 is 5.32 Å². The van der Waals surface area contributed by atoms with Crippen LogP contribution in [0.15, 0.2) is 36.4 Å². The number of benzene rings is 1. The molecule has 0 bridgehead atoms. The van der Waals surface area contributed by atoms with E-state index in [0.717, 1.165) is 34.9 Å². The van der Waals surface area contributed by atoms with Gasteiger partial charge in [-0.15, -0.1) is 0 Å². The van der Waals surface area contributed by atoms with Crippen LogP contribution in [-0.4, -0.2) is 32.0 Å². The standard InChI is InChI=1S/C22H29N5O/c1-15(13-26-18(4)10-16(2)24-26)12-23-22(28)21-8-6-20(7-9-21)14-27-19(5)11-17(3)25-27/h6-11,15H,12-14H2,1-5H3,(H,23,28). The number of rotatable bonds is 7. The van der Waals surface area contributed by atoms with Crippen molar-refractivity contribution in [3.05, 3.63) is 70.3 Å². The van der Waals surface area contributed by atoms with E-state index < -0.39 is 0 Å². The number of carbonyl (C=O) groups excluding carboxylic acids is 1. The van der Waals surface area contributed by atoms with Crippen LogP contribution in [-0.2, 0) is 13.1 Å². The van der Waals surface area contributed by atoms with E-state index in [4.69, 9.17) is 0 Å². The van der Waals surface area contributed by atoms with Gasteiger partial charge in [0.05, 0.1) is 17.9 Å². The summed E-state index contributed by atoms with van der Waals surface area (Å²) in [6, 6.07) is 11.9. The first kappa shape index (κ1) is 19.9. The molecule has 1 amide bonds. The number of hydrogen-bond donors (Lipinski definition) is 1. The van der Waals surface area contributed by atoms with Gasteiger partial charge in [0.15, 0.2) is 0 Å². The molecule has 1 atom stereocenters. The number of nitrogens with zero attached hydrogens (tertiary/aromatic N) is 4. The molecule has 0 aliphatic rings. The molecule has 0 radical (unpaired) electrons. The molecule has 6 nitrogen and oxygen atoms in total. The number of amides is 1. The highest BCUT2D eigenvalue weighted by molar-refractivity contribution is 5.94. The lowest BCUT2D eigenvalue weighted by atomic mass is 10.1. The summed E-state index contributed by atoms with van der Waals surface area (Å²) in [6.07, 6.45) is 0. The Labute approximate surface area is 166 Å². The fourth-order valence-electron chi connectivity index (χ4n) is 3.36. The Bertz CT molecular complexity index is 952. The van der Waals surface area contributed by atoms with E-state index in [-0.39, 0.29) is 5.91 Å². The molecule has 2 heterocycles. The summed E-state index contributed by atoms with van der Waals surface area (Å²) in [5, 5.41) is 12.0. The zero-order valence-electron chi connectivity index (χ0n) is 17.4. The maximum atomic E-state index is 12.4. The highest BCUT2D eigenvalue weighted by atomic mass is 16.1. The lowest BCUT2D eigenvalue weighted by molar-refractivity contribution is 0.0946. The first-order valence-electron chi connectivity index (χ1n) is 9.71. The highest BCUT2D eigenvalue weighted by Crippen LogP contribution is 2.10. The Hall–Kier alpha value is -2.89. The van der Waals surface area contributed by atoms with Crippen molar-refractivity contribution in [1.29, 1.82) is 0 Å². The summed E-state index contributed by atoms with van der Waals surface area (Å²) >= 11 is 0. The molecule has 3 aromatic rings. The average Bonchev–Trinajstić information content (AvgIpc) is 3.13. The minimum Gasteiger partial charge on any atom is -0.352 e. The molecule has 0 fully saturated rings. The Morgan fingerprint density at radius 1 is 0.964 bits per heavy atom. The van der Waals surface area contributed by atoms with Crippen LogP contribution in [0, 0.1) is 33.6 Å². The number of carbonyl (C=O) groups is 1. The summed E-state index contributed by atoms with van der Waals surface area (Å²) in [4.78, 5) is 12.4. The second-order valence-electron chi connectivity index (χ2n) is 7.71. The van der Waals surface area contributed by atoms with Crippen LogP contribution in [0.5, 0.6) is 0 Å². The minimum atomic E-state index is -0.0436. The van der Waals surface area contributed by atoms with Crippen molar-refractivity contribution in [2.45, 2.75) is 47.7 Å². The lowest BCUT2D eigenvalue weighted by Crippen LogP contribution is -2.30. The van der Waals surface area contributed by atoms with E-state index in [0.29, 0.717) is 24.6 Å². The number of aromatic nitrogens is 4. The van der Waals surface area contributed by atoms with Crippen molar-refractivity contribution in [2.75, 3.05) is 6.54 Å². The van der Waals surface area contributed by atoms with Crippen molar-refractivity contribution in [3.8, 4) is 0 Å². The van der Waals surface area contributed by atoms with Gasteiger partial charge in [0.25, 0.3) is 5.91 Å². The monoisotopic (exact) mass is 379 g/mol. The smallest absolute Gasteiger partial charge is 0.251 e. The maximum absolute atomic E-state index is 12.4.